The largest absolute Gasteiger partial charge is 0.452 e. The van der Waals surface area contributed by atoms with E-state index in [-0.39, 0.29) is 25.2 Å². The van der Waals surface area contributed by atoms with Gasteiger partial charge in [-0.05, 0) is 62.9 Å². The number of β-amino-alcohol motifs (C(OH)–C–C–N with tert-alkyl or cyclic N) is 1. The zero-order chi connectivity index (χ0) is 30.6. The molecule has 0 spiro atoms. The maximum atomic E-state index is 12.7. The Balaban J connectivity index is 2.94. The second-order valence-electron chi connectivity index (χ2n) is 11.4. The van der Waals surface area contributed by atoms with Gasteiger partial charge in [-0.25, -0.2) is 0 Å². The standard InChI is InChI=1S/C32H55NO8/c1-5-11-30-31(38)33-21-27(35)20-29(37)28(36)19-18-25(22-40-4)15-9-13-24(6-2)14-10-17-26(34)16-8-7-12-23(3)32(39)41-30/h9,13,15,23-24,27-30,35-37H,5-8,10-12,14,16-22H2,1-4H3,(H,33,38)/b13-9+,25-15-/t23-,24-,27-,28+,29-,30-/m0/s1. The average Bonchev–Trinajstić information content (AvgIpc) is 2.94. The van der Waals surface area contributed by atoms with E-state index in [1.165, 1.54) is 0 Å². The van der Waals surface area contributed by atoms with Gasteiger partial charge in [0, 0.05) is 32.9 Å². The van der Waals surface area contributed by atoms with E-state index in [1.807, 2.05) is 19.1 Å². The highest BCUT2D eigenvalue weighted by atomic mass is 16.5. The predicted molar refractivity (Wildman–Crippen MR) is 159 cm³/mol. The molecule has 0 aromatic rings. The van der Waals surface area contributed by atoms with Crippen molar-refractivity contribution in [2.45, 2.75) is 129 Å². The topological polar surface area (TPSA) is 142 Å². The summed E-state index contributed by atoms with van der Waals surface area (Å²) in [5.41, 5.74) is 0.972. The van der Waals surface area contributed by atoms with Gasteiger partial charge in [0.25, 0.3) is 5.91 Å². The minimum absolute atomic E-state index is 0.110. The van der Waals surface area contributed by atoms with E-state index in [9.17, 15) is 29.7 Å². The van der Waals surface area contributed by atoms with Gasteiger partial charge in [-0.2, -0.15) is 0 Å². The normalized spacial score (nSPS) is 31.9. The highest BCUT2D eigenvalue weighted by Gasteiger charge is 2.26. The molecule has 1 amide bonds. The molecular weight excluding hydrogens is 526 g/mol. The number of carbonyl (C=O) groups is 3. The lowest BCUT2D eigenvalue weighted by Crippen LogP contribution is -2.43. The highest BCUT2D eigenvalue weighted by Crippen LogP contribution is 2.19. The van der Waals surface area contributed by atoms with Gasteiger partial charge >= 0.3 is 5.97 Å². The molecule has 0 saturated heterocycles. The van der Waals surface area contributed by atoms with Crippen LogP contribution in [-0.2, 0) is 23.9 Å². The number of aliphatic hydroxyl groups is 3. The van der Waals surface area contributed by atoms with Crippen molar-refractivity contribution in [1.29, 1.82) is 0 Å². The number of hydrogen-bond acceptors (Lipinski definition) is 8. The first-order chi connectivity index (χ1) is 19.6. The van der Waals surface area contributed by atoms with E-state index < -0.39 is 42.2 Å². The number of rotatable bonds is 5. The van der Waals surface area contributed by atoms with Gasteiger partial charge in [0.1, 0.15) is 5.78 Å². The molecule has 0 fully saturated rings. The molecule has 4 N–H and O–H groups in total. The summed E-state index contributed by atoms with van der Waals surface area (Å²) in [5.74, 6) is -0.745. The Morgan fingerprint density at radius 1 is 0.976 bits per heavy atom. The summed E-state index contributed by atoms with van der Waals surface area (Å²) in [5, 5.41) is 33.9. The number of cyclic esters (lactones) is 1. The van der Waals surface area contributed by atoms with Gasteiger partial charge in [0.15, 0.2) is 6.10 Å². The van der Waals surface area contributed by atoms with Gasteiger partial charge in [-0.3, -0.25) is 14.4 Å². The SMILES string of the molecule is CCC[C@@H]1OC(=O)[C@@H](C)CCCCC(=O)CCC[C@@H](CC)/C=C/C=C(\COC)CC[C@@H](O)[C@@H](O)C[C@H](O)CNC1=O. The van der Waals surface area contributed by atoms with Crippen LogP contribution >= 0.6 is 0 Å². The molecule has 1 aliphatic heterocycles. The molecule has 0 unspecified atom stereocenters. The van der Waals surface area contributed by atoms with Crippen molar-refractivity contribution in [3.63, 3.8) is 0 Å². The van der Waals surface area contributed by atoms with Crippen LogP contribution in [0.3, 0.4) is 0 Å². The van der Waals surface area contributed by atoms with Crippen LogP contribution < -0.4 is 5.32 Å². The first-order valence-electron chi connectivity index (χ1n) is 15.5. The summed E-state index contributed by atoms with van der Waals surface area (Å²) < 4.78 is 10.8. The van der Waals surface area contributed by atoms with Crippen LogP contribution in [0.4, 0.5) is 0 Å². The van der Waals surface area contributed by atoms with E-state index >= 15 is 0 Å². The van der Waals surface area contributed by atoms with Crippen LogP contribution in [0.1, 0.15) is 104 Å². The van der Waals surface area contributed by atoms with Crippen molar-refractivity contribution in [1.82, 2.24) is 5.32 Å². The van der Waals surface area contributed by atoms with Gasteiger partial charge in [0.2, 0.25) is 0 Å². The van der Waals surface area contributed by atoms with E-state index in [0.29, 0.717) is 51.0 Å². The summed E-state index contributed by atoms with van der Waals surface area (Å²) in [6.07, 6.45) is 9.32. The average molecular weight is 582 g/mol. The fraction of sp³-hybridized carbons (Fsp3) is 0.781. The summed E-state index contributed by atoms with van der Waals surface area (Å²) in [6.45, 7) is 6.04. The van der Waals surface area contributed by atoms with Gasteiger partial charge < -0.3 is 30.1 Å². The number of Topliss-reactive ketones (excluding diaryl/α,β-unsaturated/α-hetero) is 1. The Bertz CT molecular complexity index is 827. The van der Waals surface area contributed by atoms with E-state index in [4.69, 9.17) is 9.47 Å². The summed E-state index contributed by atoms with van der Waals surface area (Å²) in [4.78, 5) is 37.7. The molecule has 1 heterocycles. The number of hydrogen-bond donors (Lipinski definition) is 4. The molecule has 0 aliphatic carbocycles. The summed E-state index contributed by atoms with van der Waals surface area (Å²) in [6, 6.07) is 0. The predicted octanol–water partition coefficient (Wildman–Crippen LogP) is 4.17. The number of aliphatic hydroxyl groups excluding tert-OH is 3. The molecule has 1 rings (SSSR count). The smallest absolute Gasteiger partial charge is 0.309 e. The number of nitrogens with one attached hydrogen (secondary N) is 1. The third-order valence-corrected chi connectivity index (χ3v) is 7.68. The first kappa shape index (κ1) is 37.0. The highest BCUT2D eigenvalue weighted by molar-refractivity contribution is 5.84. The third kappa shape index (κ3) is 16.2. The molecule has 41 heavy (non-hydrogen) atoms. The lowest BCUT2D eigenvalue weighted by Gasteiger charge is -2.23. The molecule has 0 aromatic carbocycles. The maximum Gasteiger partial charge on any atom is 0.309 e. The fourth-order valence-electron chi connectivity index (χ4n) is 4.89. The zero-order valence-corrected chi connectivity index (χ0v) is 25.7. The quantitative estimate of drug-likeness (QED) is 0.355. The van der Waals surface area contributed by atoms with Crippen molar-refractivity contribution in [3.8, 4) is 0 Å². The number of ketones is 1. The van der Waals surface area contributed by atoms with Crippen LogP contribution in [-0.4, -0.2) is 77.7 Å². The third-order valence-electron chi connectivity index (χ3n) is 7.68. The lowest BCUT2D eigenvalue weighted by atomic mass is 9.96. The van der Waals surface area contributed by atoms with Crippen LogP contribution in [0, 0.1) is 11.8 Å². The first-order valence-corrected chi connectivity index (χ1v) is 15.5. The zero-order valence-electron chi connectivity index (χ0n) is 25.7. The second kappa shape index (κ2) is 21.6. The van der Waals surface area contributed by atoms with E-state index in [0.717, 1.165) is 37.7 Å². The fourth-order valence-corrected chi connectivity index (χ4v) is 4.89. The lowest BCUT2D eigenvalue weighted by molar-refractivity contribution is -0.160. The molecule has 6 atom stereocenters. The van der Waals surface area contributed by atoms with Crippen molar-refractivity contribution < 1.29 is 39.2 Å². The molecule has 0 bridgehead atoms. The van der Waals surface area contributed by atoms with Gasteiger partial charge in [-0.1, -0.05) is 51.8 Å². The van der Waals surface area contributed by atoms with Crippen LogP contribution in [0.5, 0.6) is 0 Å². The van der Waals surface area contributed by atoms with Crippen molar-refractivity contribution >= 4 is 17.7 Å². The van der Waals surface area contributed by atoms with Crippen LogP contribution in [0.15, 0.2) is 23.8 Å². The minimum Gasteiger partial charge on any atom is -0.452 e. The molecule has 0 saturated carbocycles. The molecule has 1 aliphatic rings. The van der Waals surface area contributed by atoms with Crippen molar-refractivity contribution in [3.05, 3.63) is 23.8 Å². The number of allylic oxidation sites excluding steroid dienone is 3. The number of amides is 1. The Labute approximate surface area is 246 Å². The van der Waals surface area contributed by atoms with Gasteiger partial charge in [0.05, 0.1) is 30.8 Å². The Hall–Kier alpha value is -2.07. The van der Waals surface area contributed by atoms with Gasteiger partial charge in [-0.15, -0.1) is 0 Å². The molecular formula is C32H55NO8. The number of carbonyl (C=O) groups excluding carboxylic acids is 3. The summed E-state index contributed by atoms with van der Waals surface area (Å²) >= 11 is 0. The summed E-state index contributed by atoms with van der Waals surface area (Å²) in [7, 11) is 1.61. The number of ether oxygens (including phenoxy) is 2. The molecule has 9 heteroatoms. The molecule has 236 valence electrons. The monoisotopic (exact) mass is 581 g/mol. The molecule has 0 aromatic heterocycles. The maximum absolute atomic E-state index is 12.7. The van der Waals surface area contributed by atoms with E-state index in [1.54, 1.807) is 14.0 Å². The van der Waals surface area contributed by atoms with Crippen molar-refractivity contribution in [2.75, 3.05) is 20.3 Å². The Morgan fingerprint density at radius 3 is 2.39 bits per heavy atom. The Morgan fingerprint density at radius 2 is 1.71 bits per heavy atom. The number of methoxy groups -OCH3 is 1. The second-order valence-corrected chi connectivity index (χ2v) is 11.4. The molecule has 0 radical (unpaired) electrons. The minimum atomic E-state index is -1.17. The van der Waals surface area contributed by atoms with Crippen molar-refractivity contribution in [2.24, 2.45) is 11.8 Å². The van der Waals surface area contributed by atoms with E-state index in [2.05, 4.69) is 18.3 Å². The Kier molecular flexibility index (Phi) is 19.5. The van der Waals surface area contributed by atoms with Crippen LogP contribution in [0.2, 0.25) is 0 Å². The molecule has 9 nitrogen and oxygen atoms in total. The van der Waals surface area contributed by atoms with Crippen LogP contribution in [0.25, 0.3) is 0 Å². The number of esters is 1.